The van der Waals surface area contributed by atoms with Crippen LogP contribution in [0.2, 0.25) is 0 Å². The quantitative estimate of drug-likeness (QED) is 0.485. The fourth-order valence-corrected chi connectivity index (χ4v) is 0.382. The lowest BCUT2D eigenvalue weighted by Gasteiger charge is -1.84. The van der Waals surface area contributed by atoms with Crippen molar-refractivity contribution in [3.63, 3.8) is 0 Å². The van der Waals surface area contributed by atoms with Gasteiger partial charge in [-0.25, -0.2) is 0 Å². The molecule has 0 aromatic heterocycles. The Hall–Kier alpha value is -0.620. The second-order valence-electron chi connectivity index (χ2n) is 0.971. The molecular weight excluding hydrogens is 136 g/mol. The SMILES string of the molecule is O=C(O)[CH]S(=O)(=O)O. The monoisotopic (exact) mass is 139 g/mol. The van der Waals surface area contributed by atoms with E-state index in [1.54, 1.807) is 0 Å². The first kappa shape index (κ1) is 7.38. The van der Waals surface area contributed by atoms with Gasteiger partial charge in [0.2, 0.25) is 5.75 Å². The number of aliphatic carboxylic acids is 1. The highest BCUT2D eigenvalue weighted by atomic mass is 32.2. The van der Waals surface area contributed by atoms with Crippen molar-refractivity contribution in [2.24, 2.45) is 0 Å². The number of rotatable bonds is 2. The van der Waals surface area contributed by atoms with Crippen molar-refractivity contribution in [1.29, 1.82) is 0 Å². The van der Waals surface area contributed by atoms with E-state index in [4.69, 9.17) is 9.66 Å². The van der Waals surface area contributed by atoms with Crippen molar-refractivity contribution < 1.29 is 22.9 Å². The van der Waals surface area contributed by atoms with E-state index in [9.17, 15) is 13.2 Å². The topological polar surface area (TPSA) is 91.7 Å². The van der Waals surface area contributed by atoms with Gasteiger partial charge >= 0.3 is 5.97 Å². The molecule has 0 aromatic carbocycles. The van der Waals surface area contributed by atoms with Gasteiger partial charge in [0.25, 0.3) is 10.1 Å². The molecule has 0 saturated heterocycles. The van der Waals surface area contributed by atoms with Crippen LogP contribution in [-0.4, -0.2) is 24.0 Å². The van der Waals surface area contributed by atoms with Crippen LogP contribution < -0.4 is 0 Å². The molecule has 0 aliphatic heterocycles. The molecule has 5 nitrogen and oxygen atoms in total. The van der Waals surface area contributed by atoms with Crippen molar-refractivity contribution in [3.05, 3.63) is 5.75 Å². The Morgan fingerprint density at radius 3 is 1.88 bits per heavy atom. The third-order valence-electron chi connectivity index (χ3n) is 0.250. The van der Waals surface area contributed by atoms with Gasteiger partial charge in [-0.1, -0.05) is 0 Å². The summed E-state index contributed by atoms with van der Waals surface area (Å²) in [5, 5.41) is 7.65. The van der Waals surface area contributed by atoms with Crippen LogP contribution in [0.3, 0.4) is 0 Å². The summed E-state index contributed by atoms with van der Waals surface area (Å²) in [6, 6.07) is 0. The average molecular weight is 139 g/mol. The number of carboxylic acids is 1. The lowest BCUT2D eigenvalue weighted by molar-refractivity contribution is -0.132. The fraction of sp³-hybridized carbons (Fsp3) is 0. The van der Waals surface area contributed by atoms with Crippen molar-refractivity contribution in [3.8, 4) is 0 Å². The Morgan fingerprint density at radius 2 is 1.88 bits per heavy atom. The molecule has 0 aliphatic carbocycles. The minimum absolute atomic E-state index is 0.201. The van der Waals surface area contributed by atoms with Gasteiger partial charge in [-0.05, 0) is 0 Å². The molecule has 47 valence electrons. The van der Waals surface area contributed by atoms with Crippen LogP contribution in [-0.2, 0) is 14.9 Å². The van der Waals surface area contributed by atoms with E-state index in [2.05, 4.69) is 0 Å². The maximum atomic E-state index is 9.56. The lowest BCUT2D eigenvalue weighted by atomic mass is 10.8. The third-order valence-corrected chi connectivity index (χ3v) is 0.749. The highest BCUT2D eigenvalue weighted by Crippen LogP contribution is 1.86. The first-order chi connectivity index (χ1) is 3.42. The van der Waals surface area contributed by atoms with E-state index in [1.807, 2.05) is 0 Å². The Morgan fingerprint density at radius 1 is 1.50 bits per heavy atom. The van der Waals surface area contributed by atoms with Crippen molar-refractivity contribution in [1.82, 2.24) is 0 Å². The average Bonchev–Trinajstić information content (AvgIpc) is 1.21. The molecule has 0 bridgehead atoms. The molecule has 0 amide bonds. The minimum Gasteiger partial charge on any atom is -0.480 e. The van der Waals surface area contributed by atoms with E-state index >= 15 is 0 Å². The zero-order valence-electron chi connectivity index (χ0n) is 3.60. The van der Waals surface area contributed by atoms with Crippen molar-refractivity contribution in [2.75, 3.05) is 0 Å². The van der Waals surface area contributed by atoms with Crippen LogP contribution >= 0.6 is 0 Å². The number of carbonyl (C=O) groups is 1. The van der Waals surface area contributed by atoms with E-state index in [-0.39, 0.29) is 5.75 Å². The first-order valence-corrected chi connectivity index (χ1v) is 2.97. The number of hydrogen-bond acceptors (Lipinski definition) is 3. The molecule has 0 aliphatic rings. The maximum Gasteiger partial charge on any atom is 0.326 e. The molecule has 0 atom stereocenters. The molecule has 0 unspecified atom stereocenters. The summed E-state index contributed by atoms with van der Waals surface area (Å²) < 4.78 is 26.8. The number of carboxylic acid groups (broad SMARTS) is 1. The predicted octanol–water partition coefficient (Wildman–Crippen LogP) is -0.879. The predicted molar refractivity (Wildman–Crippen MR) is 23.5 cm³/mol. The van der Waals surface area contributed by atoms with Gasteiger partial charge in [-0.2, -0.15) is 8.42 Å². The standard InChI is InChI=1S/C2H3O5S/c3-2(4)1-8(5,6)7/h1H,(H,3,4)(H,5,6,7). The molecule has 0 aromatic rings. The van der Waals surface area contributed by atoms with Crippen LogP contribution in [0.4, 0.5) is 0 Å². The Labute approximate surface area is 45.7 Å². The molecule has 0 saturated carbocycles. The second kappa shape index (κ2) is 2.10. The molecule has 2 N–H and O–H groups in total. The summed E-state index contributed by atoms with van der Waals surface area (Å²) in [7, 11) is -4.45. The highest BCUT2D eigenvalue weighted by Gasteiger charge is 2.10. The van der Waals surface area contributed by atoms with Crippen LogP contribution in [0, 0.1) is 5.75 Å². The van der Waals surface area contributed by atoms with Crippen LogP contribution in [0.15, 0.2) is 0 Å². The Balaban J connectivity index is 3.95. The molecule has 0 heterocycles. The summed E-state index contributed by atoms with van der Waals surface area (Å²) >= 11 is 0. The zero-order chi connectivity index (χ0) is 6.78. The summed E-state index contributed by atoms with van der Waals surface area (Å²) in [6.07, 6.45) is 0. The number of hydrogen-bond donors (Lipinski definition) is 2. The van der Waals surface area contributed by atoms with Crippen LogP contribution in [0.5, 0.6) is 0 Å². The summed E-state index contributed by atoms with van der Waals surface area (Å²) in [5.41, 5.74) is 0. The normalized spacial score (nSPS) is 11.1. The molecule has 6 heteroatoms. The third kappa shape index (κ3) is 5.38. The van der Waals surface area contributed by atoms with Crippen LogP contribution in [0.1, 0.15) is 0 Å². The second-order valence-corrected chi connectivity index (χ2v) is 2.24. The largest absolute Gasteiger partial charge is 0.480 e. The summed E-state index contributed by atoms with van der Waals surface area (Å²) in [4.78, 5) is 9.42. The summed E-state index contributed by atoms with van der Waals surface area (Å²) in [6.45, 7) is 0. The van der Waals surface area contributed by atoms with E-state index in [0.29, 0.717) is 0 Å². The molecule has 0 fully saturated rings. The van der Waals surface area contributed by atoms with E-state index in [0.717, 1.165) is 0 Å². The van der Waals surface area contributed by atoms with Gasteiger partial charge in [0.1, 0.15) is 0 Å². The van der Waals surface area contributed by atoms with Gasteiger partial charge in [-0.15, -0.1) is 0 Å². The van der Waals surface area contributed by atoms with Gasteiger partial charge < -0.3 is 5.11 Å². The van der Waals surface area contributed by atoms with Gasteiger partial charge in [0, 0.05) is 0 Å². The Bertz CT molecular complexity index is 177. The van der Waals surface area contributed by atoms with Gasteiger partial charge in [-0.3, -0.25) is 9.35 Å². The lowest BCUT2D eigenvalue weighted by Crippen LogP contribution is -2.06. The fourth-order valence-electron chi connectivity index (χ4n) is 0.127. The molecule has 1 radical (unpaired) electrons. The summed E-state index contributed by atoms with van der Waals surface area (Å²) in [5.74, 6) is -1.89. The van der Waals surface area contributed by atoms with Gasteiger partial charge in [0.15, 0.2) is 0 Å². The molecule has 8 heavy (non-hydrogen) atoms. The van der Waals surface area contributed by atoms with Gasteiger partial charge in [0.05, 0.1) is 0 Å². The molecule has 0 rings (SSSR count). The van der Waals surface area contributed by atoms with Crippen molar-refractivity contribution >= 4 is 16.1 Å². The highest BCUT2D eigenvalue weighted by molar-refractivity contribution is 7.88. The first-order valence-electron chi connectivity index (χ1n) is 1.47. The zero-order valence-corrected chi connectivity index (χ0v) is 4.42. The minimum atomic E-state index is -4.45. The maximum absolute atomic E-state index is 9.56. The Kier molecular flexibility index (Phi) is 1.94. The van der Waals surface area contributed by atoms with E-state index < -0.39 is 16.1 Å². The van der Waals surface area contributed by atoms with E-state index in [1.165, 1.54) is 0 Å². The molecular formula is C2H3O5S. The van der Waals surface area contributed by atoms with Crippen molar-refractivity contribution in [2.45, 2.75) is 0 Å². The smallest absolute Gasteiger partial charge is 0.326 e. The molecule has 0 spiro atoms. The van der Waals surface area contributed by atoms with Crippen LogP contribution in [0.25, 0.3) is 0 Å².